The second kappa shape index (κ2) is 7.70. The molecule has 0 aromatic carbocycles. The molecule has 2 unspecified atom stereocenters. The van der Waals surface area contributed by atoms with Gasteiger partial charge < -0.3 is 14.8 Å². The Morgan fingerprint density at radius 3 is 2.84 bits per heavy atom. The molecule has 2 aliphatic rings. The minimum absolute atomic E-state index is 0.00991. The molecule has 2 rings (SSSR count). The highest BCUT2D eigenvalue weighted by atomic mass is 16.6. The third-order valence-electron chi connectivity index (χ3n) is 3.83. The van der Waals surface area contributed by atoms with Gasteiger partial charge in [-0.05, 0) is 26.3 Å². The van der Waals surface area contributed by atoms with Crippen LogP contribution in [-0.2, 0) is 9.47 Å². The smallest absolute Gasteiger partial charge is 0.407 e. The number of ether oxygens (including phenoxy) is 2. The fourth-order valence-electron chi connectivity index (χ4n) is 3.05. The standard InChI is InChI=1S/C12H22N2O3.C2H6/c1-3-16-9-12-5-4-6-14(12)8-10(7-12)17-11(15)13-2;1-2/h10H,3-9H2,1-2H3,(H,13,15);1-2H3. The van der Waals surface area contributed by atoms with Crippen molar-refractivity contribution in [3.63, 3.8) is 0 Å². The zero-order valence-electron chi connectivity index (χ0n) is 12.7. The third kappa shape index (κ3) is 3.83. The lowest BCUT2D eigenvalue weighted by Gasteiger charge is -2.30. The van der Waals surface area contributed by atoms with E-state index >= 15 is 0 Å². The molecule has 0 bridgehead atoms. The SMILES string of the molecule is CC.CCOCC12CCCN1CC(OC(=O)NC)C2. The predicted molar refractivity (Wildman–Crippen MR) is 75.3 cm³/mol. The first-order valence-corrected chi connectivity index (χ1v) is 7.41. The molecule has 0 aromatic rings. The van der Waals surface area contributed by atoms with E-state index in [1.807, 2.05) is 20.8 Å². The first-order chi connectivity index (χ1) is 9.20. The predicted octanol–water partition coefficient (Wildman–Crippen LogP) is 2.01. The number of hydrogen-bond donors (Lipinski definition) is 1. The largest absolute Gasteiger partial charge is 0.445 e. The second-order valence-corrected chi connectivity index (χ2v) is 4.89. The number of rotatable bonds is 4. The van der Waals surface area contributed by atoms with Crippen LogP contribution in [0.25, 0.3) is 0 Å². The number of carbonyl (C=O) groups excluding carboxylic acids is 1. The van der Waals surface area contributed by atoms with Crippen LogP contribution in [0, 0.1) is 0 Å². The Bertz CT molecular complexity index is 286. The summed E-state index contributed by atoms with van der Waals surface area (Å²) in [5, 5.41) is 2.50. The molecule has 2 heterocycles. The molecule has 5 heteroatoms. The molecule has 1 N–H and O–H groups in total. The van der Waals surface area contributed by atoms with Crippen LogP contribution >= 0.6 is 0 Å². The summed E-state index contributed by atoms with van der Waals surface area (Å²) in [6.45, 7) is 9.47. The van der Waals surface area contributed by atoms with Gasteiger partial charge in [-0.1, -0.05) is 13.8 Å². The van der Waals surface area contributed by atoms with E-state index in [1.165, 1.54) is 6.42 Å². The van der Waals surface area contributed by atoms with Gasteiger partial charge in [-0.2, -0.15) is 0 Å². The molecule has 2 fully saturated rings. The quantitative estimate of drug-likeness (QED) is 0.850. The number of fused-ring (bicyclic) bond motifs is 1. The van der Waals surface area contributed by atoms with Crippen molar-refractivity contribution >= 4 is 6.09 Å². The Morgan fingerprint density at radius 2 is 2.21 bits per heavy atom. The first kappa shape index (κ1) is 16.2. The van der Waals surface area contributed by atoms with Crippen molar-refractivity contribution < 1.29 is 14.3 Å². The van der Waals surface area contributed by atoms with E-state index in [-0.39, 0.29) is 17.7 Å². The lowest BCUT2D eigenvalue weighted by Crippen LogP contribution is -2.42. The summed E-state index contributed by atoms with van der Waals surface area (Å²) in [4.78, 5) is 13.6. The number of nitrogens with one attached hydrogen (secondary N) is 1. The molecule has 0 radical (unpaired) electrons. The van der Waals surface area contributed by atoms with E-state index in [0.717, 1.165) is 39.1 Å². The van der Waals surface area contributed by atoms with Gasteiger partial charge in [-0.15, -0.1) is 0 Å². The van der Waals surface area contributed by atoms with Crippen LogP contribution in [0.5, 0.6) is 0 Å². The molecular formula is C14H28N2O3. The van der Waals surface area contributed by atoms with Crippen molar-refractivity contribution in [2.45, 2.75) is 51.7 Å². The van der Waals surface area contributed by atoms with Crippen LogP contribution in [-0.4, -0.2) is 56.0 Å². The summed E-state index contributed by atoms with van der Waals surface area (Å²) >= 11 is 0. The Balaban J connectivity index is 0.000000861. The summed E-state index contributed by atoms with van der Waals surface area (Å²) in [5.41, 5.74) is 0.120. The van der Waals surface area contributed by atoms with Gasteiger partial charge >= 0.3 is 6.09 Å². The first-order valence-electron chi connectivity index (χ1n) is 7.41. The van der Waals surface area contributed by atoms with Gasteiger partial charge in [0.25, 0.3) is 0 Å². The van der Waals surface area contributed by atoms with Crippen molar-refractivity contribution in [1.29, 1.82) is 0 Å². The molecule has 0 saturated carbocycles. The van der Waals surface area contributed by atoms with Crippen LogP contribution in [0.15, 0.2) is 0 Å². The van der Waals surface area contributed by atoms with Crippen molar-refractivity contribution in [2.75, 3.05) is 33.4 Å². The highest BCUT2D eigenvalue weighted by Gasteiger charge is 2.49. The van der Waals surface area contributed by atoms with E-state index in [4.69, 9.17) is 9.47 Å². The number of hydrogen-bond acceptors (Lipinski definition) is 4. The third-order valence-corrected chi connectivity index (χ3v) is 3.83. The molecule has 2 atom stereocenters. The molecule has 1 amide bonds. The Kier molecular flexibility index (Phi) is 6.58. The Hall–Kier alpha value is -0.810. The van der Waals surface area contributed by atoms with Crippen LogP contribution in [0.2, 0.25) is 0 Å². The van der Waals surface area contributed by atoms with E-state index in [9.17, 15) is 4.79 Å². The topological polar surface area (TPSA) is 50.8 Å². The van der Waals surface area contributed by atoms with Gasteiger partial charge in [-0.25, -0.2) is 4.79 Å². The van der Waals surface area contributed by atoms with Gasteiger partial charge in [0.1, 0.15) is 6.10 Å². The van der Waals surface area contributed by atoms with Crippen LogP contribution in [0.1, 0.15) is 40.0 Å². The minimum Gasteiger partial charge on any atom is -0.445 e. The number of alkyl carbamates (subject to hydrolysis) is 1. The normalized spacial score (nSPS) is 29.4. The summed E-state index contributed by atoms with van der Waals surface area (Å²) in [6.07, 6.45) is 2.96. The van der Waals surface area contributed by atoms with E-state index in [0.29, 0.717) is 0 Å². The van der Waals surface area contributed by atoms with Crippen LogP contribution in [0.4, 0.5) is 4.79 Å². The summed E-state index contributed by atoms with van der Waals surface area (Å²) in [5.74, 6) is 0. The molecule has 0 spiro atoms. The maximum absolute atomic E-state index is 11.2. The number of nitrogens with zero attached hydrogens (tertiary/aromatic N) is 1. The van der Waals surface area contributed by atoms with Crippen molar-refractivity contribution in [3.05, 3.63) is 0 Å². The van der Waals surface area contributed by atoms with E-state index in [1.54, 1.807) is 7.05 Å². The maximum Gasteiger partial charge on any atom is 0.407 e. The summed E-state index contributed by atoms with van der Waals surface area (Å²) in [7, 11) is 1.59. The van der Waals surface area contributed by atoms with Crippen molar-refractivity contribution in [2.24, 2.45) is 0 Å². The highest BCUT2D eigenvalue weighted by molar-refractivity contribution is 5.66. The highest BCUT2D eigenvalue weighted by Crippen LogP contribution is 2.40. The Labute approximate surface area is 116 Å². The van der Waals surface area contributed by atoms with Gasteiger partial charge in [0.15, 0.2) is 0 Å². The fourth-order valence-corrected chi connectivity index (χ4v) is 3.05. The van der Waals surface area contributed by atoms with Gasteiger partial charge in [0.05, 0.1) is 6.61 Å². The molecule has 0 aliphatic carbocycles. The summed E-state index contributed by atoms with van der Waals surface area (Å²) in [6, 6.07) is 0. The average Bonchev–Trinajstić information content (AvgIpc) is 2.95. The number of carbonyl (C=O) groups is 1. The molecule has 2 saturated heterocycles. The fraction of sp³-hybridized carbons (Fsp3) is 0.929. The van der Waals surface area contributed by atoms with Crippen molar-refractivity contribution in [3.8, 4) is 0 Å². The van der Waals surface area contributed by atoms with Gasteiger partial charge in [0.2, 0.25) is 0 Å². The van der Waals surface area contributed by atoms with Crippen LogP contribution in [0.3, 0.4) is 0 Å². The van der Waals surface area contributed by atoms with E-state index in [2.05, 4.69) is 10.2 Å². The zero-order chi connectivity index (χ0) is 14.3. The monoisotopic (exact) mass is 272 g/mol. The molecule has 0 aromatic heterocycles. The molecule has 19 heavy (non-hydrogen) atoms. The lowest BCUT2D eigenvalue weighted by atomic mass is 9.94. The molecule has 5 nitrogen and oxygen atoms in total. The molecule has 112 valence electrons. The van der Waals surface area contributed by atoms with Crippen molar-refractivity contribution in [1.82, 2.24) is 10.2 Å². The zero-order valence-corrected chi connectivity index (χ0v) is 12.7. The van der Waals surface area contributed by atoms with Crippen LogP contribution < -0.4 is 5.32 Å². The maximum atomic E-state index is 11.2. The Morgan fingerprint density at radius 1 is 1.47 bits per heavy atom. The average molecular weight is 272 g/mol. The lowest BCUT2D eigenvalue weighted by molar-refractivity contribution is 0.0403. The molecular weight excluding hydrogens is 244 g/mol. The number of amides is 1. The second-order valence-electron chi connectivity index (χ2n) is 4.89. The summed E-state index contributed by atoms with van der Waals surface area (Å²) < 4.78 is 11.0. The van der Waals surface area contributed by atoms with E-state index < -0.39 is 0 Å². The van der Waals surface area contributed by atoms with Gasteiger partial charge in [0, 0.05) is 32.2 Å². The van der Waals surface area contributed by atoms with Gasteiger partial charge in [-0.3, -0.25) is 4.90 Å². The minimum atomic E-state index is -0.331. The molecule has 2 aliphatic heterocycles.